The molecular weight excluding hydrogens is 278 g/mol. The van der Waals surface area contributed by atoms with Gasteiger partial charge in [0.15, 0.2) is 0 Å². The van der Waals surface area contributed by atoms with Crippen LogP contribution in [-0.2, 0) is 4.79 Å². The van der Waals surface area contributed by atoms with Crippen LogP contribution in [0.15, 0.2) is 24.3 Å². The molecule has 5 nitrogen and oxygen atoms in total. The Balaban J connectivity index is 2.01. The number of nitrogens with two attached hydrogens (primary N) is 1. The molecule has 3 N–H and O–H groups in total. The number of primary amides is 1. The van der Waals surface area contributed by atoms with Crippen LogP contribution in [0, 0.1) is 0 Å². The Bertz CT molecular complexity index is 490. The van der Waals surface area contributed by atoms with Crippen molar-refractivity contribution >= 4 is 29.2 Å². The van der Waals surface area contributed by atoms with Gasteiger partial charge >= 0.3 is 6.03 Å². The minimum Gasteiger partial charge on any atom is -0.370 e. The van der Waals surface area contributed by atoms with Crippen LogP contribution in [0.4, 0.5) is 10.5 Å². The Morgan fingerprint density at radius 2 is 2.00 bits per heavy atom. The average molecular weight is 296 g/mol. The number of halogens is 1. The van der Waals surface area contributed by atoms with Crippen LogP contribution in [-0.4, -0.2) is 29.4 Å². The summed E-state index contributed by atoms with van der Waals surface area (Å²) in [7, 11) is 0. The summed E-state index contributed by atoms with van der Waals surface area (Å²) >= 11 is 5.80. The molecule has 1 aromatic rings. The van der Waals surface area contributed by atoms with Crippen molar-refractivity contribution < 1.29 is 9.59 Å². The molecular formula is C14H18ClN3O2. The van der Waals surface area contributed by atoms with Gasteiger partial charge in [0, 0.05) is 29.7 Å². The van der Waals surface area contributed by atoms with Crippen molar-refractivity contribution in [1.82, 2.24) is 4.90 Å². The third kappa shape index (κ3) is 3.87. The Labute approximate surface area is 123 Å². The summed E-state index contributed by atoms with van der Waals surface area (Å²) in [5.74, 6) is -0.374. The summed E-state index contributed by atoms with van der Waals surface area (Å²) < 4.78 is 0. The largest absolute Gasteiger partial charge is 0.370 e. The van der Waals surface area contributed by atoms with Gasteiger partial charge in [-0.1, -0.05) is 11.6 Å². The van der Waals surface area contributed by atoms with Gasteiger partial charge in [0.2, 0.25) is 5.91 Å². The molecule has 0 bridgehead atoms. The zero-order valence-electron chi connectivity index (χ0n) is 11.1. The molecule has 1 fully saturated rings. The van der Waals surface area contributed by atoms with Crippen LogP contribution in [0.1, 0.15) is 25.7 Å². The number of hydrogen-bond acceptors (Lipinski definition) is 2. The van der Waals surface area contributed by atoms with Gasteiger partial charge in [0.1, 0.15) is 0 Å². The molecule has 0 aromatic heterocycles. The van der Waals surface area contributed by atoms with E-state index in [0.717, 1.165) is 19.3 Å². The second-order valence-corrected chi connectivity index (χ2v) is 5.39. The molecule has 3 amide bonds. The molecule has 108 valence electrons. The quantitative estimate of drug-likeness (QED) is 0.899. The molecule has 1 aliphatic heterocycles. The minimum absolute atomic E-state index is 0.103. The van der Waals surface area contributed by atoms with E-state index >= 15 is 0 Å². The number of urea groups is 1. The Morgan fingerprint density at radius 3 is 2.65 bits per heavy atom. The van der Waals surface area contributed by atoms with E-state index in [2.05, 4.69) is 5.32 Å². The second-order valence-electron chi connectivity index (χ2n) is 4.95. The number of carbonyl (C=O) groups excluding carboxylic acids is 2. The van der Waals surface area contributed by atoms with E-state index in [9.17, 15) is 9.59 Å². The molecule has 20 heavy (non-hydrogen) atoms. The summed E-state index contributed by atoms with van der Waals surface area (Å²) in [6.07, 6.45) is 3.00. The van der Waals surface area contributed by atoms with E-state index in [1.54, 1.807) is 29.2 Å². The maximum Gasteiger partial charge on any atom is 0.322 e. The van der Waals surface area contributed by atoms with E-state index in [1.165, 1.54) is 0 Å². The normalized spacial score (nSPS) is 18.6. The Morgan fingerprint density at radius 1 is 1.30 bits per heavy atom. The molecule has 2 rings (SSSR count). The second kappa shape index (κ2) is 6.61. The number of anilines is 1. The van der Waals surface area contributed by atoms with Gasteiger partial charge < -0.3 is 16.0 Å². The highest BCUT2D eigenvalue weighted by atomic mass is 35.5. The Hall–Kier alpha value is -1.75. The SMILES string of the molecule is NC(=O)C[C@@H]1CCCCN1C(=O)Nc1ccc(Cl)cc1. The van der Waals surface area contributed by atoms with Gasteiger partial charge in [-0.2, -0.15) is 0 Å². The van der Waals surface area contributed by atoms with E-state index in [4.69, 9.17) is 17.3 Å². The van der Waals surface area contributed by atoms with Crippen molar-refractivity contribution in [1.29, 1.82) is 0 Å². The van der Waals surface area contributed by atoms with Crippen molar-refractivity contribution in [2.45, 2.75) is 31.7 Å². The number of benzene rings is 1. The summed E-state index contributed by atoms with van der Waals surface area (Å²) in [4.78, 5) is 25.1. The number of nitrogens with zero attached hydrogens (tertiary/aromatic N) is 1. The van der Waals surface area contributed by atoms with Gasteiger partial charge in [-0.25, -0.2) is 4.79 Å². The lowest BCUT2D eigenvalue weighted by Gasteiger charge is -2.35. The van der Waals surface area contributed by atoms with Gasteiger partial charge in [-0.3, -0.25) is 4.79 Å². The monoisotopic (exact) mass is 295 g/mol. The van der Waals surface area contributed by atoms with E-state index < -0.39 is 0 Å². The number of hydrogen-bond donors (Lipinski definition) is 2. The van der Waals surface area contributed by atoms with Crippen molar-refractivity contribution in [2.75, 3.05) is 11.9 Å². The number of rotatable bonds is 3. The molecule has 6 heteroatoms. The van der Waals surface area contributed by atoms with Crippen LogP contribution in [0.25, 0.3) is 0 Å². The molecule has 1 aromatic carbocycles. The van der Waals surface area contributed by atoms with Gasteiger partial charge in [-0.15, -0.1) is 0 Å². The first-order valence-electron chi connectivity index (χ1n) is 6.68. The topological polar surface area (TPSA) is 75.4 Å². The van der Waals surface area contributed by atoms with Crippen LogP contribution in [0.3, 0.4) is 0 Å². The molecule has 0 saturated carbocycles. The summed E-state index contributed by atoms with van der Waals surface area (Å²) in [6.45, 7) is 0.650. The van der Waals surface area contributed by atoms with Crippen molar-refractivity contribution in [3.05, 3.63) is 29.3 Å². The molecule has 1 aliphatic rings. The first-order valence-corrected chi connectivity index (χ1v) is 7.05. The Kier molecular flexibility index (Phi) is 4.84. The van der Waals surface area contributed by atoms with Crippen LogP contribution in [0.2, 0.25) is 5.02 Å². The van der Waals surface area contributed by atoms with E-state index in [-0.39, 0.29) is 24.4 Å². The van der Waals surface area contributed by atoms with Crippen LogP contribution in [0.5, 0.6) is 0 Å². The smallest absolute Gasteiger partial charge is 0.322 e. The number of likely N-dealkylation sites (tertiary alicyclic amines) is 1. The van der Waals surface area contributed by atoms with Crippen LogP contribution < -0.4 is 11.1 Å². The highest BCUT2D eigenvalue weighted by molar-refractivity contribution is 6.30. The predicted octanol–water partition coefficient (Wildman–Crippen LogP) is 2.60. The van der Waals surface area contributed by atoms with Crippen molar-refractivity contribution in [3.8, 4) is 0 Å². The highest BCUT2D eigenvalue weighted by Crippen LogP contribution is 2.21. The number of nitrogens with one attached hydrogen (secondary N) is 1. The predicted molar refractivity (Wildman–Crippen MR) is 78.6 cm³/mol. The van der Waals surface area contributed by atoms with Crippen molar-refractivity contribution in [2.24, 2.45) is 5.73 Å². The number of carbonyl (C=O) groups is 2. The highest BCUT2D eigenvalue weighted by Gasteiger charge is 2.27. The van der Waals surface area contributed by atoms with Gasteiger partial charge in [0.05, 0.1) is 0 Å². The summed E-state index contributed by atoms with van der Waals surface area (Å²) in [5.41, 5.74) is 5.93. The van der Waals surface area contributed by atoms with E-state index in [1.807, 2.05) is 0 Å². The lowest BCUT2D eigenvalue weighted by Crippen LogP contribution is -2.47. The first-order chi connectivity index (χ1) is 9.56. The molecule has 0 radical (unpaired) electrons. The molecule has 1 saturated heterocycles. The zero-order valence-corrected chi connectivity index (χ0v) is 11.9. The zero-order chi connectivity index (χ0) is 14.5. The van der Waals surface area contributed by atoms with Crippen LogP contribution >= 0.6 is 11.6 Å². The lowest BCUT2D eigenvalue weighted by atomic mass is 9.99. The lowest BCUT2D eigenvalue weighted by molar-refractivity contribution is -0.119. The number of amides is 3. The third-order valence-electron chi connectivity index (χ3n) is 3.42. The maximum absolute atomic E-state index is 12.3. The maximum atomic E-state index is 12.3. The molecule has 0 unspecified atom stereocenters. The number of piperidine rings is 1. The molecule has 1 atom stereocenters. The fourth-order valence-corrected chi connectivity index (χ4v) is 2.57. The summed E-state index contributed by atoms with van der Waals surface area (Å²) in [6, 6.07) is 6.62. The van der Waals surface area contributed by atoms with Gasteiger partial charge in [-0.05, 0) is 43.5 Å². The van der Waals surface area contributed by atoms with E-state index in [0.29, 0.717) is 17.3 Å². The fourth-order valence-electron chi connectivity index (χ4n) is 2.44. The molecule has 0 aliphatic carbocycles. The average Bonchev–Trinajstić information content (AvgIpc) is 2.41. The molecule has 1 heterocycles. The molecule has 0 spiro atoms. The first kappa shape index (κ1) is 14.7. The minimum atomic E-state index is -0.374. The fraction of sp³-hybridized carbons (Fsp3) is 0.429. The van der Waals surface area contributed by atoms with Crippen molar-refractivity contribution in [3.63, 3.8) is 0 Å². The third-order valence-corrected chi connectivity index (χ3v) is 3.67. The standard InChI is InChI=1S/C14H18ClN3O2/c15-10-4-6-11(7-5-10)17-14(20)18-8-2-1-3-12(18)9-13(16)19/h4-7,12H,1-3,8-9H2,(H2,16,19)(H,17,20)/t12-/m0/s1. The summed E-state index contributed by atoms with van der Waals surface area (Å²) in [5, 5.41) is 3.44. The van der Waals surface area contributed by atoms with Gasteiger partial charge in [0.25, 0.3) is 0 Å².